The summed E-state index contributed by atoms with van der Waals surface area (Å²) in [5.74, 6) is 0.227. The lowest BCUT2D eigenvalue weighted by atomic mass is 9.81. The van der Waals surface area contributed by atoms with Gasteiger partial charge in [-0.15, -0.1) is 0 Å². The zero-order valence-corrected chi connectivity index (χ0v) is 10.5. The van der Waals surface area contributed by atoms with Crippen LogP contribution in [0.3, 0.4) is 0 Å². The van der Waals surface area contributed by atoms with Gasteiger partial charge in [0.1, 0.15) is 6.04 Å². The van der Waals surface area contributed by atoms with Crippen LogP contribution in [0.2, 0.25) is 0 Å². The molecular formula is C13H21N3O. The molecule has 1 saturated heterocycles. The zero-order chi connectivity index (χ0) is 12.3. The molecule has 2 rings (SSSR count). The number of amides is 1. The van der Waals surface area contributed by atoms with E-state index in [0.717, 1.165) is 38.6 Å². The topological polar surface area (TPSA) is 56.1 Å². The maximum Gasteiger partial charge on any atom is 0.229 e. The molecule has 1 atom stereocenters. The molecular weight excluding hydrogens is 214 g/mol. The largest absolute Gasteiger partial charge is 0.324 e. The number of piperazine rings is 1. The van der Waals surface area contributed by atoms with Gasteiger partial charge in [-0.25, -0.2) is 0 Å². The second-order valence-corrected chi connectivity index (χ2v) is 5.19. The van der Waals surface area contributed by atoms with E-state index in [9.17, 15) is 4.79 Å². The van der Waals surface area contributed by atoms with E-state index in [4.69, 9.17) is 5.26 Å². The second kappa shape index (κ2) is 5.05. The third-order valence-electron chi connectivity index (χ3n) is 4.34. The van der Waals surface area contributed by atoms with Gasteiger partial charge in [0.25, 0.3) is 0 Å². The molecule has 4 nitrogen and oxygen atoms in total. The Balaban J connectivity index is 2.15. The highest BCUT2D eigenvalue weighted by molar-refractivity contribution is 5.83. The van der Waals surface area contributed by atoms with Crippen LogP contribution in [-0.4, -0.2) is 36.5 Å². The lowest BCUT2D eigenvalue weighted by molar-refractivity contribution is -0.144. The number of carbonyl (C=O) groups excluding carboxylic acids is 1. The molecule has 1 amide bonds. The van der Waals surface area contributed by atoms with E-state index in [0.29, 0.717) is 13.1 Å². The van der Waals surface area contributed by atoms with E-state index in [-0.39, 0.29) is 17.4 Å². The summed E-state index contributed by atoms with van der Waals surface area (Å²) >= 11 is 0. The fraction of sp³-hybridized carbons (Fsp3) is 0.846. The average molecular weight is 235 g/mol. The Morgan fingerprint density at radius 2 is 2.24 bits per heavy atom. The van der Waals surface area contributed by atoms with E-state index < -0.39 is 0 Å². The normalized spacial score (nSPS) is 27.8. The molecule has 94 valence electrons. The van der Waals surface area contributed by atoms with Gasteiger partial charge in [0.15, 0.2) is 0 Å². The fourth-order valence-electron chi connectivity index (χ4n) is 3.14. The van der Waals surface area contributed by atoms with Crippen molar-refractivity contribution in [1.29, 1.82) is 5.26 Å². The van der Waals surface area contributed by atoms with Crippen molar-refractivity contribution >= 4 is 5.91 Å². The first-order valence-electron chi connectivity index (χ1n) is 6.65. The molecule has 0 bridgehead atoms. The van der Waals surface area contributed by atoms with Crippen LogP contribution < -0.4 is 5.32 Å². The third-order valence-corrected chi connectivity index (χ3v) is 4.34. The maximum atomic E-state index is 12.7. The van der Waals surface area contributed by atoms with Gasteiger partial charge in [-0.2, -0.15) is 5.26 Å². The second-order valence-electron chi connectivity index (χ2n) is 5.19. The number of rotatable bonds is 2. The van der Waals surface area contributed by atoms with Crippen LogP contribution in [0.1, 0.15) is 39.0 Å². The lowest BCUT2D eigenvalue weighted by Gasteiger charge is -2.38. The molecule has 1 heterocycles. The lowest BCUT2D eigenvalue weighted by Crippen LogP contribution is -2.56. The summed E-state index contributed by atoms with van der Waals surface area (Å²) in [5.41, 5.74) is -0.160. The first-order valence-corrected chi connectivity index (χ1v) is 6.65. The summed E-state index contributed by atoms with van der Waals surface area (Å²) in [5, 5.41) is 12.3. The van der Waals surface area contributed by atoms with Gasteiger partial charge >= 0.3 is 0 Å². The first kappa shape index (κ1) is 12.4. The number of hydrogen-bond donors (Lipinski definition) is 1. The minimum absolute atomic E-state index is 0.160. The molecule has 0 aromatic carbocycles. The van der Waals surface area contributed by atoms with Crippen LogP contribution in [0.25, 0.3) is 0 Å². The number of nitrogens with zero attached hydrogens (tertiary/aromatic N) is 2. The van der Waals surface area contributed by atoms with Crippen LogP contribution in [-0.2, 0) is 4.79 Å². The van der Waals surface area contributed by atoms with Gasteiger partial charge in [0.05, 0.1) is 6.07 Å². The van der Waals surface area contributed by atoms with Crippen molar-refractivity contribution in [2.75, 3.05) is 19.6 Å². The highest BCUT2D eigenvalue weighted by atomic mass is 16.2. The van der Waals surface area contributed by atoms with Crippen LogP contribution in [0.4, 0.5) is 0 Å². The van der Waals surface area contributed by atoms with E-state index in [2.05, 4.69) is 18.3 Å². The van der Waals surface area contributed by atoms with Gasteiger partial charge in [-0.1, -0.05) is 19.8 Å². The molecule has 0 radical (unpaired) electrons. The molecule has 1 aliphatic heterocycles. The monoisotopic (exact) mass is 235 g/mol. The third kappa shape index (κ3) is 2.16. The van der Waals surface area contributed by atoms with Crippen LogP contribution >= 0.6 is 0 Å². The number of hydrogen-bond acceptors (Lipinski definition) is 3. The molecule has 1 unspecified atom stereocenters. The Morgan fingerprint density at radius 3 is 2.82 bits per heavy atom. The van der Waals surface area contributed by atoms with Gasteiger partial charge in [-0.3, -0.25) is 4.79 Å². The Kier molecular flexibility index (Phi) is 3.68. The molecule has 0 spiro atoms. The standard InChI is InChI=1S/C13H21N3O/c1-2-13(5-3-4-6-13)12(17)16-8-7-15-10-11(16)9-14/h11,15H,2-8,10H2,1H3. The van der Waals surface area contributed by atoms with Crippen LogP contribution in [0.15, 0.2) is 0 Å². The summed E-state index contributed by atoms with van der Waals surface area (Å²) in [7, 11) is 0. The summed E-state index contributed by atoms with van der Waals surface area (Å²) in [6.07, 6.45) is 5.23. The van der Waals surface area contributed by atoms with Crippen molar-refractivity contribution in [2.45, 2.75) is 45.1 Å². The molecule has 2 fully saturated rings. The van der Waals surface area contributed by atoms with Crippen molar-refractivity contribution in [3.63, 3.8) is 0 Å². The molecule has 1 saturated carbocycles. The van der Waals surface area contributed by atoms with E-state index in [1.54, 1.807) is 0 Å². The van der Waals surface area contributed by atoms with Crippen LogP contribution in [0.5, 0.6) is 0 Å². The minimum atomic E-state index is -0.278. The molecule has 2 aliphatic rings. The predicted molar refractivity (Wildman–Crippen MR) is 65.2 cm³/mol. The van der Waals surface area contributed by atoms with Crippen molar-refractivity contribution in [2.24, 2.45) is 5.41 Å². The molecule has 17 heavy (non-hydrogen) atoms. The Bertz CT molecular complexity index is 328. The molecule has 1 N–H and O–H groups in total. The van der Waals surface area contributed by atoms with Gasteiger partial charge in [0.2, 0.25) is 5.91 Å². The fourth-order valence-corrected chi connectivity index (χ4v) is 3.14. The van der Waals surface area contributed by atoms with Gasteiger partial charge in [-0.05, 0) is 19.3 Å². The van der Waals surface area contributed by atoms with Gasteiger partial charge < -0.3 is 10.2 Å². The van der Waals surface area contributed by atoms with Crippen molar-refractivity contribution < 1.29 is 4.79 Å². The molecule has 1 aliphatic carbocycles. The predicted octanol–water partition coefficient (Wildman–Crippen LogP) is 1.28. The highest BCUT2D eigenvalue weighted by Gasteiger charge is 2.43. The smallest absolute Gasteiger partial charge is 0.229 e. The van der Waals surface area contributed by atoms with Crippen LogP contribution in [0, 0.1) is 16.7 Å². The molecule has 0 aromatic rings. The summed E-state index contributed by atoms with van der Waals surface area (Å²) < 4.78 is 0. The van der Waals surface area contributed by atoms with E-state index >= 15 is 0 Å². The number of carbonyl (C=O) groups is 1. The number of nitrogens with one attached hydrogen (secondary N) is 1. The van der Waals surface area contributed by atoms with Crippen molar-refractivity contribution in [1.82, 2.24) is 10.2 Å². The summed E-state index contributed by atoms with van der Waals surface area (Å²) in [6.45, 7) is 4.21. The van der Waals surface area contributed by atoms with Crippen molar-refractivity contribution in [3.05, 3.63) is 0 Å². The van der Waals surface area contributed by atoms with E-state index in [1.807, 2.05) is 4.90 Å². The quantitative estimate of drug-likeness (QED) is 0.784. The molecule has 4 heteroatoms. The first-order chi connectivity index (χ1) is 8.23. The minimum Gasteiger partial charge on any atom is -0.324 e. The maximum absolute atomic E-state index is 12.7. The Labute approximate surface area is 103 Å². The highest BCUT2D eigenvalue weighted by Crippen LogP contribution is 2.42. The van der Waals surface area contributed by atoms with E-state index in [1.165, 1.54) is 0 Å². The van der Waals surface area contributed by atoms with Gasteiger partial charge in [0, 0.05) is 25.0 Å². The molecule has 0 aromatic heterocycles. The summed E-state index contributed by atoms with van der Waals surface area (Å²) in [6, 6.07) is 1.96. The Hall–Kier alpha value is -1.08. The zero-order valence-electron chi connectivity index (χ0n) is 10.5. The average Bonchev–Trinajstić information content (AvgIpc) is 2.88. The number of nitriles is 1. The SMILES string of the molecule is CCC1(C(=O)N2CCNCC2C#N)CCCC1. The summed E-state index contributed by atoms with van der Waals surface area (Å²) in [4.78, 5) is 14.5. The van der Waals surface area contributed by atoms with Crippen molar-refractivity contribution in [3.8, 4) is 6.07 Å². The Morgan fingerprint density at radius 1 is 1.53 bits per heavy atom.